The molecule has 0 fully saturated rings. The topological polar surface area (TPSA) is 38.9 Å². The third-order valence-electron chi connectivity index (χ3n) is 2.39. The van der Waals surface area contributed by atoms with Gasteiger partial charge in [0.15, 0.2) is 4.34 Å². The van der Waals surface area contributed by atoms with Crippen LogP contribution in [0.2, 0.25) is 0 Å². The first-order valence-electron chi connectivity index (χ1n) is 5.21. The third kappa shape index (κ3) is 2.86. The van der Waals surface area contributed by atoms with E-state index >= 15 is 0 Å². The second kappa shape index (κ2) is 5.16. The van der Waals surface area contributed by atoms with Gasteiger partial charge in [-0.05, 0) is 37.1 Å². The fourth-order valence-electron chi connectivity index (χ4n) is 1.47. The Kier molecular flexibility index (Phi) is 3.81. The van der Waals surface area contributed by atoms with E-state index in [0.29, 0.717) is 5.56 Å². The molecule has 17 heavy (non-hydrogen) atoms. The molecule has 1 heterocycles. The van der Waals surface area contributed by atoms with Gasteiger partial charge in [-0.1, -0.05) is 11.8 Å². The van der Waals surface area contributed by atoms with Crippen LogP contribution in [0.3, 0.4) is 0 Å². The summed E-state index contributed by atoms with van der Waals surface area (Å²) in [6, 6.07) is 3.17. The number of hydrogen-bond acceptors (Lipinski definition) is 4. The normalized spacial score (nSPS) is 12.7. The van der Waals surface area contributed by atoms with Crippen molar-refractivity contribution < 1.29 is 4.39 Å². The van der Waals surface area contributed by atoms with Crippen LogP contribution < -0.4 is 5.73 Å². The summed E-state index contributed by atoms with van der Waals surface area (Å²) in [5.41, 5.74) is 7.33. The summed E-state index contributed by atoms with van der Waals surface area (Å²) in [5, 5.41) is 1.92. The van der Waals surface area contributed by atoms with Crippen LogP contribution in [0.1, 0.15) is 24.1 Å². The molecule has 0 radical (unpaired) electrons. The number of rotatable bonds is 3. The molecule has 0 aliphatic heterocycles. The van der Waals surface area contributed by atoms with Gasteiger partial charge in [0.05, 0.1) is 0 Å². The lowest BCUT2D eigenvalue weighted by atomic mass is 10.1. The zero-order valence-corrected chi connectivity index (χ0v) is 11.2. The molecule has 0 saturated heterocycles. The number of halogens is 1. The van der Waals surface area contributed by atoms with Gasteiger partial charge in [0.2, 0.25) is 0 Å². The fourth-order valence-corrected chi connectivity index (χ4v) is 3.36. The van der Waals surface area contributed by atoms with E-state index in [1.165, 1.54) is 17.8 Å². The maximum Gasteiger partial charge on any atom is 0.154 e. The zero-order chi connectivity index (χ0) is 12.4. The highest BCUT2D eigenvalue weighted by atomic mass is 32.2. The van der Waals surface area contributed by atoms with Crippen LogP contribution >= 0.6 is 23.1 Å². The van der Waals surface area contributed by atoms with E-state index in [1.54, 1.807) is 24.5 Å². The minimum atomic E-state index is -0.208. The van der Waals surface area contributed by atoms with E-state index < -0.39 is 0 Å². The van der Waals surface area contributed by atoms with Gasteiger partial charge >= 0.3 is 0 Å². The number of hydrogen-bond donors (Lipinski definition) is 1. The molecule has 0 spiro atoms. The van der Waals surface area contributed by atoms with Crippen LogP contribution in [-0.4, -0.2) is 4.98 Å². The molecule has 2 rings (SSSR count). The summed E-state index contributed by atoms with van der Waals surface area (Å²) in [5.74, 6) is -0.208. The van der Waals surface area contributed by atoms with E-state index in [1.807, 2.05) is 18.4 Å². The van der Waals surface area contributed by atoms with E-state index in [-0.39, 0.29) is 11.9 Å². The predicted octanol–water partition coefficient (Wildman–Crippen LogP) is 3.76. The van der Waals surface area contributed by atoms with Crippen molar-refractivity contribution in [1.29, 1.82) is 0 Å². The van der Waals surface area contributed by atoms with Crippen LogP contribution in [0.25, 0.3) is 0 Å². The third-order valence-corrected chi connectivity index (χ3v) is 4.35. The first-order chi connectivity index (χ1) is 8.08. The molecule has 0 aliphatic carbocycles. The highest BCUT2D eigenvalue weighted by molar-refractivity contribution is 8.01. The van der Waals surface area contributed by atoms with Crippen molar-refractivity contribution in [2.75, 3.05) is 0 Å². The van der Waals surface area contributed by atoms with Gasteiger partial charge in [-0.2, -0.15) is 0 Å². The average Bonchev–Trinajstić information content (AvgIpc) is 2.75. The maximum atomic E-state index is 13.5. The zero-order valence-electron chi connectivity index (χ0n) is 9.61. The van der Waals surface area contributed by atoms with E-state index in [0.717, 1.165) is 14.8 Å². The Morgan fingerprint density at radius 1 is 1.47 bits per heavy atom. The van der Waals surface area contributed by atoms with Gasteiger partial charge in [-0.25, -0.2) is 9.37 Å². The van der Waals surface area contributed by atoms with Crippen LogP contribution in [-0.2, 0) is 0 Å². The molecule has 1 atom stereocenters. The number of nitrogens with two attached hydrogens (primary N) is 1. The van der Waals surface area contributed by atoms with Crippen LogP contribution in [0, 0.1) is 12.7 Å². The first-order valence-corrected chi connectivity index (χ1v) is 6.90. The van der Waals surface area contributed by atoms with Gasteiger partial charge in [-0.3, -0.25) is 0 Å². The summed E-state index contributed by atoms with van der Waals surface area (Å²) in [7, 11) is 0. The number of aromatic nitrogens is 1. The lowest BCUT2D eigenvalue weighted by Gasteiger charge is -2.12. The van der Waals surface area contributed by atoms with Gasteiger partial charge < -0.3 is 5.73 Å². The minimum Gasteiger partial charge on any atom is -0.324 e. The quantitative estimate of drug-likeness (QED) is 0.921. The Morgan fingerprint density at radius 3 is 2.82 bits per heavy atom. The van der Waals surface area contributed by atoms with E-state index in [9.17, 15) is 4.39 Å². The van der Waals surface area contributed by atoms with Crippen molar-refractivity contribution in [1.82, 2.24) is 4.98 Å². The molecule has 0 aliphatic rings. The smallest absolute Gasteiger partial charge is 0.154 e. The summed E-state index contributed by atoms with van der Waals surface area (Å²) < 4.78 is 14.5. The van der Waals surface area contributed by atoms with Crippen molar-refractivity contribution in [2.45, 2.75) is 29.1 Å². The number of nitrogens with zero attached hydrogens (tertiary/aromatic N) is 1. The fraction of sp³-hybridized carbons (Fsp3) is 0.250. The molecule has 0 amide bonds. The molecule has 2 N–H and O–H groups in total. The molecule has 90 valence electrons. The molecule has 5 heteroatoms. The van der Waals surface area contributed by atoms with E-state index in [4.69, 9.17) is 5.73 Å². The molecular weight excluding hydrogens is 255 g/mol. The summed E-state index contributed by atoms with van der Waals surface area (Å²) in [6.45, 7) is 3.61. The molecular formula is C12H13FN2S2. The number of thiazole rings is 1. The molecule has 1 aromatic carbocycles. The molecule has 0 unspecified atom stereocenters. The van der Waals surface area contributed by atoms with Crippen molar-refractivity contribution in [3.8, 4) is 0 Å². The second-order valence-corrected chi connectivity index (χ2v) is 6.01. The predicted molar refractivity (Wildman–Crippen MR) is 70.0 cm³/mol. The summed E-state index contributed by atoms with van der Waals surface area (Å²) in [6.07, 6.45) is 1.76. The highest BCUT2D eigenvalue weighted by Gasteiger charge is 2.12. The van der Waals surface area contributed by atoms with Gasteiger partial charge in [-0.15, -0.1) is 11.3 Å². The van der Waals surface area contributed by atoms with Crippen molar-refractivity contribution in [3.63, 3.8) is 0 Å². The van der Waals surface area contributed by atoms with Gasteiger partial charge in [0, 0.05) is 22.5 Å². The maximum absolute atomic E-state index is 13.5. The summed E-state index contributed by atoms with van der Waals surface area (Å²) >= 11 is 3.10. The number of aryl methyl sites for hydroxylation is 1. The monoisotopic (exact) mass is 268 g/mol. The molecule has 2 aromatic rings. The molecule has 1 aromatic heterocycles. The van der Waals surface area contributed by atoms with Crippen LogP contribution in [0.5, 0.6) is 0 Å². The van der Waals surface area contributed by atoms with Crippen molar-refractivity contribution in [2.24, 2.45) is 5.73 Å². The van der Waals surface area contributed by atoms with E-state index in [2.05, 4.69) is 4.98 Å². The highest BCUT2D eigenvalue weighted by Crippen LogP contribution is 2.35. The average molecular weight is 268 g/mol. The second-order valence-electron chi connectivity index (χ2n) is 3.83. The van der Waals surface area contributed by atoms with Gasteiger partial charge in [0.1, 0.15) is 5.82 Å². The van der Waals surface area contributed by atoms with Crippen LogP contribution in [0.4, 0.5) is 4.39 Å². The first kappa shape index (κ1) is 12.5. The number of benzene rings is 1. The Balaban J connectivity index is 2.41. The minimum absolute atomic E-state index is 0.187. The van der Waals surface area contributed by atoms with Crippen molar-refractivity contribution in [3.05, 3.63) is 40.7 Å². The Bertz CT molecular complexity index is 509. The molecule has 2 nitrogen and oxygen atoms in total. The van der Waals surface area contributed by atoms with Crippen LogP contribution in [0.15, 0.2) is 32.9 Å². The standard InChI is InChI=1S/C12H13FN2S2/c1-7-5-11(17-12-15-3-4-16-12)9(8(2)14)6-10(7)13/h3-6,8H,14H2,1-2H3/t8-/m0/s1. The molecule has 0 saturated carbocycles. The van der Waals surface area contributed by atoms with Crippen molar-refractivity contribution >= 4 is 23.1 Å². The molecule has 0 bridgehead atoms. The van der Waals surface area contributed by atoms with Gasteiger partial charge in [0.25, 0.3) is 0 Å². The lowest BCUT2D eigenvalue weighted by Crippen LogP contribution is -2.07. The Labute approximate surface area is 108 Å². The lowest BCUT2D eigenvalue weighted by molar-refractivity contribution is 0.610. The Morgan fingerprint density at radius 2 is 2.24 bits per heavy atom. The summed E-state index contributed by atoms with van der Waals surface area (Å²) in [4.78, 5) is 5.19. The largest absolute Gasteiger partial charge is 0.324 e. The SMILES string of the molecule is Cc1cc(Sc2nccs2)c([C@H](C)N)cc1F. The Hall–Kier alpha value is -0.910.